The summed E-state index contributed by atoms with van der Waals surface area (Å²) in [6.45, 7) is 2.96. The van der Waals surface area contributed by atoms with Crippen LogP contribution in [0, 0.1) is 6.92 Å². The van der Waals surface area contributed by atoms with E-state index >= 15 is 0 Å². The van der Waals surface area contributed by atoms with Crippen LogP contribution in [0.5, 0.6) is 0 Å². The summed E-state index contributed by atoms with van der Waals surface area (Å²) in [5, 5.41) is 11.9. The molecule has 1 amide bonds. The third-order valence-electron chi connectivity index (χ3n) is 2.67. The normalized spacial score (nSPS) is 10.2. The van der Waals surface area contributed by atoms with Crippen LogP contribution < -0.4 is 11.1 Å². The molecule has 0 saturated carbocycles. The SMILES string of the molecule is Cc1cccc(C(N)=O)c1NCCCCCO. The quantitative estimate of drug-likeness (QED) is 0.630. The van der Waals surface area contributed by atoms with Crippen LogP contribution in [-0.2, 0) is 0 Å². The molecule has 1 aromatic rings. The van der Waals surface area contributed by atoms with E-state index in [0.29, 0.717) is 5.56 Å². The zero-order chi connectivity index (χ0) is 12.7. The first kappa shape index (κ1) is 13.5. The molecule has 0 heterocycles. The van der Waals surface area contributed by atoms with E-state index in [1.54, 1.807) is 6.07 Å². The van der Waals surface area contributed by atoms with E-state index in [9.17, 15) is 4.79 Å². The lowest BCUT2D eigenvalue weighted by atomic mass is 10.1. The summed E-state index contributed by atoms with van der Waals surface area (Å²) in [6.07, 6.45) is 2.76. The molecule has 0 aliphatic rings. The largest absolute Gasteiger partial charge is 0.396 e. The van der Waals surface area contributed by atoms with Crippen molar-refractivity contribution in [3.63, 3.8) is 0 Å². The number of carbonyl (C=O) groups excluding carboxylic acids is 1. The minimum absolute atomic E-state index is 0.233. The molecule has 0 fully saturated rings. The number of anilines is 1. The van der Waals surface area contributed by atoms with Crippen molar-refractivity contribution < 1.29 is 9.90 Å². The van der Waals surface area contributed by atoms with E-state index in [0.717, 1.165) is 37.1 Å². The molecule has 4 N–H and O–H groups in total. The maximum Gasteiger partial charge on any atom is 0.250 e. The Labute approximate surface area is 102 Å². The van der Waals surface area contributed by atoms with Gasteiger partial charge in [0.2, 0.25) is 0 Å². The molecule has 4 nitrogen and oxygen atoms in total. The Bertz CT molecular complexity index is 378. The standard InChI is InChI=1S/C13H20N2O2/c1-10-6-5-7-11(13(14)17)12(10)15-8-3-2-4-9-16/h5-7,15-16H,2-4,8-9H2,1H3,(H2,14,17). The van der Waals surface area contributed by atoms with Gasteiger partial charge in [0, 0.05) is 18.8 Å². The minimum atomic E-state index is -0.411. The van der Waals surface area contributed by atoms with Gasteiger partial charge in [-0.1, -0.05) is 12.1 Å². The van der Waals surface area contributed by atoms with Gasteiger partial charge in [0.05, 0.1) is 5.56 Å². The highest BCUT2D eigenvalue weighted by atomic mass is 16.2. The van der Waals surface area contributed by atoms with Gasteiger partial charge in [0.25, 0.3) is 5.91 Å². The third kappa shape index (κ3) is 4.07. The van der Waals surface area contributed by atoms with Crippen molar-refractivity contribution in [3.05, 3.63) is 29.3 Å². The highest BCUT2D eigenvalue weighted by molar-refractivity contribution is 5.99. The lowest BCUT2D eigenvalue weighted by Crippen LogP contribution is -2.15. The van der Waals surface area contributed by atoms with Crippen molar-refractivity contribution in [1.82, 2.24) is 0 Å². The number of hydrogen-bond donors (Lipinski definition) is 3. The molecule has 0 spiro atoms. The maximum atomic E-state index is 11.3. The molecular weight excluding hydrogens is 216 g/mol. The second-order valence-corrected chi connectivity index (χ2v) is 4.07. The molecule has 1 rings (SSSR count). The van der Waals surface area contributed by atoms with Crippen molar-refractivity contribution in [2.24, 2.45) is 5.73 Å². The van der Waals surface area contributed by atoms with Crippen LogP contribution in [0.4, 0.5) is 5.69 Å². The van der Waals surface area contributed by atoms with Crippen molar-refractivity contribution in [1.29, 1.82) is 0 Å². The molecule has 0 aliphatic heterocycles. The number of rotatable bonds is 7. The van der Waals surface area contributed by atoms with E-state index in [-0.39, 0.29) is 6.61 Å². The van der Waals surface area contributed by atoms with E-state index in [2.05, 4.69) is 5.32 Å². The monoisotopic (exact) mass is 236 g/mol. The molecular formula is C13H20N2O2. The Morgan fingerprint density at radius 1 is 1.35 bits per heavy atom. The molecule has 0 radical (unpaired) electrons. The molecule has 0 unspecified atom stereocenters. The molecule has 1 aromatic carbocycles. The molecule has 0 bridgehead atoms. The van der Waals surface area contributed by atoms with Crippen LogP contribution in [0.1, 0.15) is 35.2 Å². The predicted octanol–water partition coefficient (Wildman–Crippen LogP) is 1.67. The van der Waals surface area contributed by atoms with E-state index in [1.165, 1.54) is 0 Å². The van der Waals surface area contributed by atoms with Crippen LogP contribution in [0.25, 0.3) is 0 Å². The Kier molecular flexibility index (Phi) is 5.49. The lowest BCUT2D eigenvalue weighted by molar-refractivity contribution is 0.100. The summed E-state index contributed by atoms with van der Waals surface area (Å²) in [4.78, 5) is 11.3. The number of para-hydroxylation sites is 1. The van der Waals surface area contributed by atoms with Crippen LogP contribution in [0.15, 0.2) is 18.2 Å². The molecule has 0 atom stereocenters. The number of primary amides is 1. The van der Waals surface area contributed by atoms with Gasteiger partial charge in [-0.15, -0.1) is 0 Å². The first-order valence-electron chi connectivity index (χ1n) is 5.91. The second-order valence-electron chi connectivity index (χ2n) is 4.07. The lowest BCUT2D eigenvalue weighted by Gasteiger charge is -2.12. The Hall–Kier alpha value is -1.55. The van der Waals surface area contributed by atoms with Gasteiger partial charge in [0.1, 0.15) is 0 Å². The predicted molar refractivity (Wildman–Crippen MR) is 69.1 cm³/mol. The number of aliphatic hydroxyl groups is 1. The van der Waals surface area contributed by atoms with Crippen molar-refractivity contribution in [2.45, 2.75) is 26.2 Å². The number of nitrogens with one attached hydrogen (secondary N) is 1. The Morgan fingerprint density at radius 2 is 2.12 bits per heavy atom. The molecule has 4 heteroatoms. The Morgan fingerprint density at radius 3 is 2.76 bits per heavy atom. The third-order valence-corrected chi connectivity index (χ3v) is 2.67. The fourth-order valence-electron chi connectivity index (χ4n) is 1.73. The van der Waals surface area contributed by atoms with Crippen molar-refractivity contribution in [3.8, 4) is 0 Å². The van der Waals surface area contributed by atoms with Gasteiger partial charge in [0.15, 0.2) is 0 Å². The van der Waals surface area contributed by atoms with Crippen molar-refractivity contribution >= 4 is 11.6 Å². The summed E-state index contributed by atoms with van der Waals surface area (Å²) in [5.74, 6) is -0.411. The molecule has 0 aromatic heterocycles. The number of aliphatic hydroxyl groups excluding tert-OH is 1. The van der Waals surface area contributed by atoms with Crippen LogP contribution in [-0.4, -0.2) is 24.2 Å². The highest BCUT2D eigenvalue weighted by Gasteiger charge is 2.09. The number of hydrogen-bond acceptors (Lipinski definition) is 3. The van der Waals surface area contributed by atoms with Crippen LogP contribution in [0.2, 0.25) is 0 Å². The number of unbranched alkanes of at least 4 members (excludes halogenated alkanes) is 2. The molecule has 94 valence electrons. The topological polar surface area (TPSA) is 75.4 Å². The van der Waals surface area contributed by atoms with Crippen LogP contribution >= 0.6 is 0 Å². The van der Waals surface area contributed by atoms with E-state index < -0.39 is 5.91 Å². The summed E-state index contributed by atoms with van der Waals surface area (Å²) in [6, 6.07) is 5.50. The average Bonchev–Trinajstić information content (AvgIpc) is 2.30. The average molecular weight is 236 g/mol. The molecule has 0 saturated heterocycles. The minimum Gasteiger partial charge on any atom is -0.396 e. The first-order chi connectivity index (χ1) is 8.16. The zero-order valence-corrected chi connectivity index (χ0v) is 10.2. The first-order valence-corrected chi connectivity index (χ1v) is 5.91. The number of amides is 1. The summed E-state index contributed by atoms with van der Waals surface area (Å²) in [5.41, 5.74) is 7.70. The summed E-state index contributed by atoms with van der Waals surface area (Å²) in [7, 11) is 0. The Balaban J connectivity index is 2.60. The van der Waals surface area contributed by atoms with Gasteiger partial charge in [-0.25, -0.2) is 0 Å². The fraction of sp³-hybridized carbons (Fsp3) is 0.462. The number of nitrogens with two attached hydrogens (primary N) is 1. The number of carbonyl (C=O) groups is 1. The van der Waals surface area contributed by atoms with Crippen LogP contribution in [0.3, 0.4) is 0 Å². The highest BCUT2D eigenvalue weighted by Crippen LogP contribution is 2.20. The van der Waals surface area contributed by atoms with Gasteiger partial charge < -0.3 is 16.2 Å². The van der Waals surface area contributed by atoms with Gasteiger partial charge in [-0.05, 0) is 37.8 Å². The fourth-order valence-corrected chi connectivity index (χ4v) is 1.73. The van der Waals surface area contributed by atoms with Gasteiger partial charge in [-0.3, -0.25) is 4.79 Å². The summed E-state index contributed by atoms with van der Waals surface area (Å²) < 4.78 is 0. The second kappa shape index (κ2) is 6.91. The number of benzene rings is 1. The zero-order valence-electron chi connectivity index (χ0n) is 10.2. The van der Waals surface area contributed by atoms with E-state index in [4.69, 9.17) is 10.8 Å². The smallest absolute Gasteiger partial charge is 0.250 e. The van der Waals surface area contributed by atoms with Gasteiger partial charge >= 0.3 is 0 Å². The summed E-state index contributed by atoms with van der Waals surface area (Å²) >= 11 is 0. The molecule has 17 heavy (non-hydrogen) atoms. The van der Waals surface area contributed by atoms with Gasteiger partial charge in [-0.2, -0.15) is 0 Å². The van der Waals surface area contributed by atoms with E-state index in [1.807, 2.05) is 19.1 Å². The number of aryl methyl sites for hydroxylation is 1. The van der Waals surface area contributed by atoms with Crippen molar-refractivity contribution in [2.75, 3.05) is 18.5 Å². The molecule has 0 aliphatic carbocycles. The maximum absolute atomic E-state index is 11.3.